The van der Waals surface area contributed by atoms with Gasteiger partial charge in [-0.15, -0.1) is 0 Å². The Morgan fingerprint density at radius 3 is 2.34 bits per heavy atom. The highest BCUT2D eigenvalue weighted by atomic mass is 32.2. The maximum Gasteiger partial charge on any atom is 0.232 e. The SMILES string of the molecule is Cc1cc(C)cc(N(CCCC(=O)NCCOc2ccc3ccccc3c2)S(C)(=O)=O)c1. The van der Waals surface area contributed by atoms with E-state index in [2.05, 4.69) is 5.32 Å². The first-order valence-electron chi connectivity index (χ1n) is 10.7. The van der Waals surface area contributed by atoms with Crippen molar-refractivity contribution in [1.82, 2.24) is 5.32 Å². The molecule has 32 heavy (non-hydrogen) atoms. The highest BCUT2D eigenvalue weighted by Crippen LogP contribution is 2.22. The van der Waals surface area contributed by atoms with Gasteiger partial charge >= 0.3 is 0 Å². The Morgan fingerprint density at radius 2 is 1.66 bits per heavy atom. The minimum absolute atomic E-state index is 0.124. The van der Waals surface area contributed by atoms with E-state index in [-0.39, 0.29) is 18.9 Å². The molecular weight excluding hydrogens is 424 g/mol. The number of benzene rings is 3. The molecule has 0 atom stereocenters. The van der Waals surface area contributed by atoms with E-state index in [9.17, 15) is 13.2 Å². The molecule has 0 saturated carbocycles. The number of hydrogen-bond acceptors (Lipinski definition) is 4. The van der Waals surface area contributed by atoms with Crippen molar-refractivity contribution in [1.29, 1.82) is 0 Å². The first kappa shape index (κ1) is 23.6. The summed E-state index contributed by atoms with van der Waals surface area (Å²) in [6.45, 7) is 4.87. The standard InChI is InChI=1S/C25H30N2O4S/c1-19-15-20(2)17-23(16-19)27(32(3,29)30)13-6-9-25(28)26-12-14-31-24-11-10-21-7-4-5-8-22(21)18-24/h4-5,7-8,10-11,15-18H,6,9,12-14H2,1-3H3,(H,26,28). The number of fused-ring (bicyclic) bond motifs is 1. The molecule has 3 aromatic carbocycles. The molecular formula is C25H30N2O4S. The predicted octanol–water partition coefficient (Wildman–Crippen LogP) is 4.20. The number of amides is 1. The lowest BCUT2D eigenvalue weighted by atomic mass is 10.1. The Kier molecular flexibility index (Phi) is 7.75. The van der Waals surface area contributed by atoms with Gasteiger partial charge in [-0.1, -0.05) is 36.4 Å². The van der Waals surface area contributed by atoms with E-state index >= 15 is 0 Å². The van der Waals surface area contributed by atoms with Gasteiger partial charge in [-0.2, -0.15) is 0 Å². The second-order valence-corrected chi connectivity index (χ2v) is 9.90. The van der Waals surface area contributed by atoms with Crippen LogP contribution in [0.5, 0.6) is 5.75 Å². The number of nitrogens with zero attached hydrogens (tertiary/aromatic N) is 1. The van der Waals surface area contributed by atoms with Gasteiger partial charge in [0.25, 0.3) is 0 Å². The van der Waals surface area contributed by atoms with Gasteiger partial charge in [0.2, 0.25) is 15.9 Å². The molecule has 0 fully saturated rings. The number of nitrogens with one attached hydrogen (secondary N) is 1. The van der Waals surface area contributed by atoms with Crippen molar-refractivity contribution in [3.63, 3.8) is 0 Å². The number of sulfonamides is 1. The quantitative estimate of drug-likeness (QED) is 0.466. The molecule has 7 heteroatoms. The maximum absolute atomic E-state index is 12.3. The molecule has 170 valence electrons. The molecule has 3 rings (SSSR count). The van der Waals surface area contributed by atoms with Crippen LogP contribution in [0.25, 0.3) is 10.8 Å². The van der Waals surface area contributed by atoms with E-state index in [1.165, 1.54) is 10.6 Å². The zero-order valence-electron chi connectivity index (χ0n) is 18.8. The number of carbonyl (C=O) groups excluding carboxylic acids is 1. The molecule has 3 aromatic rings. The molecule has 0 aliphatic rings. The molecule has 1 N–H and O–H groups in total. The van der Waals surface area contributed by atoms with Crippen molar-refractivity contribution in [3.8, 4) is 5.75 Å². The highest BCUT2D eigenvalue weighted by Gasteiger charge is 2.18. The molecule has 0 spiro atoms. The van der Waals surface area contributed by atoms with Gasteiger partial charge in [-0.25, -0.2) is 8.42 Å². The summed E-state index contributed by atoms with van der Waals surface area (Å²) in [4.78, 5) is 12.2. The van der Waals surface area contributed by atoms with Gasteiger partial charge in [0.1, 0.15) is 12.4 Å². The number of aryl methyl sites for hydroxylation is 2. The topological polar surface area (TPSA) is 75.7 Å². The molecule has 0 radical (unpaired) electrons. The average Bonchev–Trinajstić information content (AvgIpc) is 2.72. The second-order valence-electron chi connectivity index (χ2n) is 7.99. The number of anilines is 1. The zero-order valence-corrected chi connectivity index (χ0v) is 19.6. The molecule has 0 heterocycles. The van der Waals surface area contributed by atoms with Crippen LogP contribution in [0.4, 0.5) is 5.69 Å². The van der Waals surface area contributed by atoms with Crippen LogP contribution in [0, 0.1) is 13.8 Å². The van der Waals surface area contributed by atoms with Crippen LogP contribution in [0.1, 0.15) is 24.0 Å². The number of ether oxygens (including phenoxy) is 1. The van der Waals surface area contributed by atoms with Gasteiger partial charge < -0.3 is 10.1 Å². The van der Waals surface area contributed by atoms with Crippen molar-refractivity contribution >= 4 is 32.4 Å². The minimum Gasteiger partial charge on any atom is -0.492 e. The van der Waals surface area contributed by atoms with Gasteiger partial charge in [0.05, 0.1) is 18.5 Å². The largest absolute Gasteiger partial charge is 0.492 e. The summed E-state index contributed by atoms with van der Waals surface area (Å²) in [6, 6.07) is 19.6. The van der Waals surface area contributed by atoms with Crippen molar-refractivity contribution in [2.24, 2.45) is 0 Å². The summed E-state index contributed by atoms with van der Waals surface area (Å²) in [7, 11) is -3.44. The lowest BCUT2D eigenvalue weighted by molar-refractivity contribution is -0.121. The summed E-state index contributed by atoms with van der Waals surface area (Å²) >= 11 is 0. The molecule has 0 aliphatic heterocycles. The monoisotopic (exact) mass is 454 g/mol. The van der Waals surface area contributed by atoms with E-state index in [1.807, 2.05) is 74.5 Å². The van der Waals surface area contributed by atoms with Crippen LogP contribution < -0.4 is 14.4 Å². The van der Waals surface area contributed by atoms with Crippen LogP contribution in [-0.2, 0) is 14.8 Å². The number of carbonyl (C=O) groups is 1. The highest BCUT2D eigenvalue weighted by molar-refractivity contribution is 7.92. The predicted molar refractivity (Wildman–Crippen MR) is 130 cm³/mol. The molecule has 0 unspecified atom stereocenters. The lowest BCUT2D eigenvalue weighted by Crippen LogP contribution is -2.33. The molecule has 0 bridgehead atoms. The van der Waals surface area contributed by atoms with E-state index < -0.39 is 10.0 Å². The Labute approximate surface area is 190 Å². The van der Waals surface area contributed by atoms with Crippen LogP contribution >= 0.6 is 0 Å². The lowest BCUT2D eigenvalue weighted by Gasteiger charge is -2.23. The summed E-state index contributed by atoms with van der Waals surface area (Å²) in [5, 5.41) is 5.08. The molecule has 0 aromatic heterocycles. The van der Waals surface area contributed by atoms with Gasteiger partial charge in [-0.3, -0.25) is 9.10 Å². The first-order valence-corrected chi connectivity index (χ1v) is 12.5. The molecule has 6 nitrogen and oxygen atoms in total. The minimum atomic E-state index is -3.44. The van der Waals surface area contributed by atoms with Crippen molar-refractivity contribution in [3.05, 3.63) is 71.8 Å². The third kappa shape index (κ3) is 6.72. The smallest absolute Gasteiger partial charge is 0.232 e. The Balaban J connectivity index is 1.44. The van der Waals surface area contributed by atoms with E-state index in [4.69, 9.17) is 4.74 Å². The number of rotatable bonds is 10. The van der Waals surface area contributed by atoms with Crippen LogP contribution in [0.2, 0.25) is 0 Å². The molecule has 0 aliphatic carbocycles. The van der Waals surface area contributed by atoms with Gasteiger partial charge in [0.15, 0.2) is 0 Å². The average molecular weight is 455 g/mol. The van der Waals surface area contributed by atoms with Crippen molar-refractivity contribution < 1.29 is 17.9 Å². The zero-order chi connectivity index (χ0) is 23.1. The van der Waals surface area contributed by atoms with Crippen LogP contribution in [0.15, 0.2) is 60.7 Å². The Bertz CT molecular complexity index is 1170. The summed E-state index contributed by atoms with van der Waals surface area (Å²) in [5.74, 6) is 0.635. The van der Waals surface area contributed by atoms with Gasteiger partial charge in [0, 0.05) is 13.0 Å². The van der Waals surface area contributed by atoms with Crippen LogP contribution in [0.3, 0.4) is 0 Å². The third-order valence-electron chi connectivity index (χ3n) is 5.07. The second kappa shape index (κ2) is 10.5. The van der Waals surface area contributed by atoms with Crippen LogP contribution in [-0.4, -0.2) is 40.3 Å². The summed E-state index contributed by atoms with van der Waals surface area (Å²) < 4.78 is 31.6. The van der Waals surface area contributed by atoms with Crippen molar-refractivity contribution in [2.75, 3.05) is 30.3 Å². The summed E-state index contributed by atoms with van der Waals surface area (Å²) in [6.07, 6.45) is 1.86. The first-order chi connectivity index (χ1) is 15.2. The number of hydrogen-bond donors (Lipinski definition) is 1. The maximum atomic E-state index is 12.3. The Morgan fingerprint density at radius 1 is 0.969 bits per heavy atom. The normalized spacial score (nSPS) is 11.3. The third-order valence-corrected chi connectivity index (χ3v) is 6.27. The van der Waals surface area contributed by atoms with E-state index in [1.54, 1.807) is 0 Å². The molecule has 0 saturated heterocycles. The fraction of sp³-hybridized carbons (Fsp3) is 0.320. The van der Waals surface area contributed by atoms with Crippen molar-refractivity contribution in [2.45, 2.75) is 26.7 Å². The fourth-order valence-electron chi connectivity index (χ4n) is 3.67. The Hall–Kier alpha value is -3.06. The van der Waals surface area contributed by atoms with E-state index in [0.29, 0.717) is 25.3 Å². The van der Waals surface area contributed by atoms with E-state index in [0.717, 1.165) is 27.6 Å². The fourth-order valence-corrected chi connectivity index (χ4v) is 4.62. The van der Waals surface area contributed by atoms with Gasteiger partial charge in [-0.05, 0) is 66.4 Å². The summed E-state index contributed by atoms with van der Waals surface area (Å²) in [5.41, 5.74) is 2.63. The molecule has 1 amide bonds.